The summed E-state index contributed by atoms with van der Waals surface area (Å²) >= 11 is 0. The molecule has 8 heteroatoms. The van der Waals surface area contributed by atoms with Gasteiger partial charge in [0.15, 0.2) is 5.82 Å². The molecule has 1 fully saturated rings. The molecule has 2 aromatic carbocycles. The number of benzene rings is 2. The largest absolute Gasteiger partial charge is 0.374 e. The molecule has 2 unspecified atom stereocenters. The van der Waals surface area contributed by atoms with Gasteiger partial charge in [0.05, 0.1) is 5.69 Å². The fourth-order valence-electron chi connectivity index (χ4n) is 4.70. The van der Waals surface area contributed by atoms with E-state index in [1.165, 1.54) is 18.5 Å². The highest BCUT2D eigenvalue weighted by atomic mass is 16.3. The summed E-state index contributed by atoms with van der Waals surface area (Å²) in [5.41, 5.74) is 6.20. The highest BCUT2D eigenvalue weighted by Crippen LogP contribution is 2.39. The summed E-state index contributed by atoms with van der Waals surface area (Å²) in [5.74, 6) is 3.03. The second-order valence-corrected chi connectivity index (χ2v) is 9.24. The summed E-state index contributed by atoms with van der Waals surface area (Å²) in [6.45, 7) is 6.86. The van der Waals surface area contributed by atoms with Crippen LogP contribution >= 0.6 is 0 Å². The van der Waals surface area contributed by atoms with Crippen molar-refractivity contribution in [1.29, 1.82) is 0 Å². The lowest BCUT2D eigenvalue weighted by atomic mass is 10.0. The van der Waals surface area contributed by atoms with Gasteiger partial charge in [0, 0.05) is 47.2 Å². The maximum Gasteiger partial charge on any atom is 0.226 e. The molecule has 34 heavy (non-hydrogen) atoms. The molecule has 0 saturated heterocycles. The van der Waals surface area contributed by atoms with Crippen molar-refractivity contribution >= 4 is 11.6 Å². The lowest BCUT2D eigenvalue weighted by Crippen LogP contribution is -2.14. The van der Waals surface area contributed by atoms with Gasteiger partial charge >= 0.3 is 0 Å². The molecular formula is C26H29N7O. The summed E-state index contributed by atoms with van der Waals surface area (Å²) in [4.78, 5) is 9.52. The Kier molecular flexibility index (Phi) is 5.00. The fourth-order valence-corrected chi connectivity index (χ4v) is 4.70. The Morgan fingerprint density at radius 1 is 1.09 bits per heavy atom. The number of rotatable bonds is 6. The van der Waals surface area contributed by atoms with Crippen molar-refractivity contribution in [1.82, 2.24) is 29.6 Å². The van der Waals surface area contributed by atoms with E-state index >= 15 is 0 Å². The van der Waals surface area contributed by atoms with Gasteiger partial charge in [-0.05, 0) is 75.6 Å². The third-order valence-electron chi connectivity index (χ3n) is 6.78. The van der Waals surface area contributed by atoms with Gasteiger partial charge in [-0.15, -0.1) is 5.10 Å². The first-order valence-electron chi connectivity index (χ1n) is 12.0. The molecular weight excluding hydrogens is 426 g/mol. The minimum absolute atomic E-state index is 0.101. The number of anilines is 2. The molecule has 4 aromatic rings. The average Bonchev–Trinajstić information content (AvgIpc) is 3.41. The molecule has 2 atom stereocenters. The van der Waals surface area contributed by atoms with E-state index in [0.717, 1.165) is 33.9 Å². The fraction of sp³-hybridized carbons (Fsp3) is 0.346. The van der Waals surface area contributed by atoms with Crippen molar-refractivity contribution in [2.24, 2.45) is 0 Å². The second kappa shape index (κ2) is 8.07. The van der Waals surface area contributed by atoms with E-state index in [1.807, 2.05) is 23.7 Å². The first-order chi connectivity index (χ1) is 16.5. The Morgan fingerprint density at radius 2 is 1.88 bits per heavy atom. The Morgan fingerprint density at radius 3 is 2.62 bits per heavy atom. The molecule has 2 aliphatic rings. The van der Waals surface area contributed by atoms with E-state index in [1.54, 1.807) is 0 Å². The third-order valence-corrected chi connectivity index (χ3v) is 6.78. The molecule has 3 heterocycles. The number of nitrogens with zero attached hydrogens (tertiary/aromatic N) is 5. The molecule has 3 N–H and O–H groups in total. The summed E-state index contributed by atoms with van der Waals surface area (Å²) in [6.07, 6.45) is 4.06. The summed E-state index contributed by atoms with van der Waals surface area (Å²) in [5, 5.41) is 21.4. The predicted octanol–water partition coefficient (Wildman–Crippen LogP) is 4.74. The molecule has 0 bridgehead atoms. The molecule has 0 spiro atoms. The summed E-state index contributed by atoms with van der Waals surface area (Å²) < 4.78 is 4.03. The number of aliphatic hydroxyl groups is 1. The van der Waals surface area contributed by atoms with Crippen LogP contribution in [0.2, 0.25) is 0 Å². The van der Waals surface area contributed by atoms with Crippen LogP contribution in [0.15, 0.2) is 48.7 Å². The van der Waals surface area contributed by atoms with Gasteiger partial charge < -0.3 is 15.0 Å². The zero-order valence-corrected chi connectivity index (χ0v) is 19.7. The lowest BCUT2D eigenvalue weighted by Gasteiger charge is -2.09. The van der Waals surface area contributed by atoms with E-state index in [-0.39, 0.29) is 6.04 Å². The van der Waals surface area contributed by atoms with Crippen molar-refractivity contribution in [2.45, 2.75) is 58.3 Å². The Bertz CT molecular complexity index is 1350. The van der Waals surface area contributed by atoms with Gasteiger partial charge in [-0.25, -0.2) is 9.67 Å². The zero-order valence-electron chi connectivity index (χ0n) is 19.7. The molecule has 174 valence electrons. The van der Waals surface area contributed by atoms with Crippen LogP contribution in [-0.4, -0.2) is 29.4 Å². The Balaban J connectivity index is 1.25. The molecule has 1 saturated carbocycles. The van der Waals surface area contributed by atoms with Gasteiger partial charge in [0.2, 0.25) is 5.95 Å². The zero-order chi connectivity index (χ0) is 23.4. The number of imidazole rings is 1. The second-order valence-electron chi connectivity index (χ2n) is 9.24. The van der Waals surface area contributed by atoms with E-state index in [4.69, 9.17) is 15.1 Å². The van der Waals surface area contributed by atoms with E-state index < -0.39 is 6.23 Å². The SMILES string of the molecule is CCn1nc(-c2ccc(-n3cc(C4CC4)nc3C)cc2)nc1Nc1ccc2c(c1)C(C)NC2O. The van der Waals surface area contributed by atoms with Gasteiger partial charge in [-0.1, -0.05) is 6.07 Å². The number of fused-ring (bicyclic) bond motifs is 1. The van der Waals surface area contributed by atoms with Crippen LogP contribution in [0, 0.1) is 6.92 Å². The van der Waals surface area contributed by atoms with E-state index in [2.05, 4.69) is 65.6 Å². The van der Waals surface area contributed by atoms with Crippen molar-refractivity contribution < 1.29 is 5.11 Å². The monoisotopic (exact) mass is 455 g/mol. The van der Waals surface area contributed by atoms with Crippen LogP contribution in [0.4, 0.5) is 11.6 Å². The number of aliphatic hydroxyl groups excluding tert-OH is 1. The average molecular weight is 456 g/mol. The third kappa shape index (κ3) is 3.69. The summed E-state index contributed by atoms with van der Waals surface area (Å²) in [7, 11) is 0. The highest BCUT2D eigenvalue weighted by Gasteiger charge is 2.27. The number of aryl methyl sites for hydroxylation is 2. The molecule has 8 nitrogen and oxygen atoms in total. The topological polar surface area (TPSA) is 92.8 Å². The predicted molar refractivity (Wildman–Crippen MR) is 131 cm³/mol. The van der Waals surface area contributed by atoms with Crippen molar-refractivity contribution in [3.63, 3.8) is 0 Å². The molecule has 2 aromatic heterocycles. The van der Waals surface area contributed by atoms with Crippen molar-refractivity contribution in [2.75, 3.05) is 5.32 Å². The van der Waals surface area contributed by atoms with Crippen LogP contribution in [0.1, 0.15) is 67.5 Å². The van der Waals surface area contributed by atoms with Crippen molar-refractivity contribution in [3.05, 3.63) is 71.3 Å². The van der Waals surface area contributed by atoms with E-state index in [0.29, 0.717) is 24.2 Å². The van der Waals surface area contributed by atoms with Crippen LogP contribution in [-0.2, 0) is 6.54 Å². The number of hydrogen-bond acceptors (Lipinski definition) is 6. The van der Waals surface area contributed by atoms with Gasteiger partial charge in [0.1, 0.15) is 12.1 Å². The Hall–Kier alpha value is -3.49. The minimum atomic E-state index is -0.612. The lowest BCUT2D eigenvalue weighted by molar-refractivity contribution is 0.143. The molecule has 0 amide bonds. The minimum Gasteiger partial charge on any atom is -0.374 e. The van der Waals surface area contributed by atoms with Crippen molar-refractivity contribution in [3.8, 4) is 17.1 Å². The maximum atomic E-state index is 10.1. The quantitative estimate of drug-likeness (QED) is 0.389. The molecule has 6 rings (SSSR count). The molecule has 0 radical (unpaired) electrons. The van der Waals surface area contributed by atoms with Gasteiger partial charge in [-0.3, -0.25) is 5.32 Å². The van der Waals surface area contributed by atoms with Crippen LogP contribution < -0.4 is 10.6 Å². The standard InChI is InChI=1S/C26H29N7O/c1-4-33-26(29-19-9-12-21-22(13-19)15(2)27-25(21)34)30-24(31-33)18-7-10-20(11-8-18)32-14-23(17-5-6-17)28-16(32)3/h7-15,17,25,27,34H,4-6H2,1-3H3,(H,29,30,31). The molecule has 1 aliphatic carbocycles. The Labute approximate surface area is 198 Å². The number of hydrogen-bond donors (Lipinski definition) is 3. The summed E-state index contributed by atoms with van der Waals surface area (Å²) in [6, 6.07) is 14.4. The smallest absolute Gasteiger partial charge is 0.226 e. The van der Waals surface area contributed by atoms with Crippen LogP contribution in [0.3, 0.4) is 0 Å². The molecule has 1 aliphatic heterocycles. The number of nitrogens with one attached hydrogen (secondary N) is 2. The van der Waals surface area contributed by atoms with Crippen LogP contribution in [0.5, 0.6) is 0 Å². The number of aromatic nitrogens is 5. The van der Waals surface area contributed by atoms with Crippen LogP contribution in [0.25, 0.3) is 17.1 Å². The first kappa shape index (κ1) is 21.1. The van der Waals surface area contributed by atoms with E-state index in [9.17, 15) is 5.11 Å². The normalized spacial score (nSPS) is 19.4. The highest BCUT2D eigenvalue weighted by molar-refractivity contribution is 5.62. The first-order valence-corrected chi connectivity index (χ1v) is 12.0. The maximum absolute atomic E-state index is 10.1. The van der Waals surface area contributed by atoms with Gasteiger partial charge in [0.25, 0.3) is 0 Å². The van der Waals surface area contributed by atoms with Gasteiger partial charge in [-0.2, -0.15) is 4.98 Å².